The Morgan fingerprint density at radius 1 is 1.00 bits per heavy atom. The van der Waals surface area contributed by atoms with Crippen LogP contribution in [0.1, 0.15) is 40.5 Å². The lowest BCUT2D eigenvalue weighted by Gasteiger charge is -2.52. The molecule has 8 heteroatoms. The Labute approximate surface area is 220 Å². The molecular weight excluding hydrogens is 502 g/mol. The van der Waals surface area contributed by atoms with Gasteiger partial charge in [0.1, 0.15) is 24.2 Å². The maximum Gasteiger partial charge on any atom is 0.226 e. The van der Waals surface area contributed by atoms with Crippen LogP contribution in [0.5, 0.6) is 0 Å². The van der Waals surface area contributed by atoms with Crippen molar-refractivity contribution in [2.45, 2.75) is 25.3 Å². The first-order valence-corrected chi connectivity index (χ1v) is 13.0. The zero-order valence-electron chi connectivity index (χ0n) is 19.8. The van der Waals surface area contributed by atoms with E-state index in [1.165, 1.54) is 35.6 Å². The third-order valence-corrected chi connectivity index (χ3v) is 8.53. The van der Waals surface area contributed by atoms with Gasteiger partial charge >= 0.3 is 0 Å². The maximum absolute atomic E-state index is 14.0. The van der Waals surface area contributed by atoms with Crippen LogP contribution in [0.4, 0.5) is 14.5 Å². The number of Topliss-reactive ketones (excluding diaryl/α,β-unsaturated/α-hetero) is 2. The molecule has 0 amide bonds. The number of hydrogen-bond donors (Lipinski definition) is 1. The average molecular weight is 531 g/mol. The molecule has 1 N–H and O–H groups in total. The smallest absolute Gasteiger partial charge is 0.226 e. The lowest BCUT2D eigenvalue weighted by atomic mass is 9.74. The molecule has 3 aromatic rings. The number of halogens is 3. The van der Waals surface area contributed by atoms with Gasteiger partial charge in [0.2, 0.25) is 5.78 Å². The standard InChI is InChI=1S/C28H29F2N2O2S.ClH/c29-22-5-1-4-20(14-22)28(31-24-7-2-6-23(30)16-24)25(33)15-21-17-32(11-9-19(21)10-12-32)18-26(34)27-8-3-13-35-27;/h1-8,13-14,16,19,21,28,31H,9-12,15,17-18H2;1H/q+1;/p-1. The van der Waals surface area contributed by atoms with Crippen LogP contribution in [0.25, 0.3) is 0 Å². The lowest BCUT2D eigenvalue weighted by molar-refractivity contribution is -0.939. The molecule has 3 fully saturated rings. The molecule has 0 saturated carbocycles. The van der Waals surface area contributed by atoms with Crippen molar-refractivity contribution in [3.05, 3.63) is 88.1 Å². The third-order valence-electron chi connectivity index (χ3n) is 7.61. The molecular formula is C28H29ClF2N2O2S. The third kappa shape index (κ3) is 5.85. The van der Waals surface area contributed by atoms with Gasteiger partial charge in [0, 0.05) is 30.9 Å². The predicted octanol–water partition coefficient (Wildman–Crippen LogP) is 2.88. The number of hydrogen-bond acceptors (Lipinski definition) is 4. The van der Waals surface area contributed by atoms with Gasteiger partial charge in [-0.3, -0.25) is 9.59 Å². The number of thiophene rings is 1. The highest BCUT2D eigenvalue weighted by Gasteiger charge is 2.47. The van der Waals surface area contributed by atoms with E-state index in [2.05, 4.69) is 5.32 Å². The SMILES string of the molecule is O=C(C[N+]12CCC(CC1)C(CC(=O)C(Nc1cccc(F)c1)c1cccc(F)c1)C2)c1cccs1.[Cl-]. The van der Waals surface area contributed by atoms with Crippen molar-refractivity contribution in [1.29, 1.82) is 0 Å². The van der Waals surface area contributed by atoms with Crippen LogP contribution in [0, 0.1) is 23.5 Å². The van der Waals surface area contributed by atoms with Gasteiger partial charge < -0.3 is 22.2 Å². The summed E-state index contributed by atoms with van der Waals surface area (Å²) >= 11 is 1.48. The Bertz CT molecular complexity index is 1210. The summed E-state index contributed by atoms with van der Waals surface area (Å²) in [5, 5.41) is 5.07. The van der Waals surface area contributed by atoms with Gasteiger partial charge in [-0.25, -0.2) is 8.78 Å². The maximum atomic E-state index is 14.0. The van der Waals surface area contributed by atoms with E-state index < -0.39 is 17.7 Å². The van der Waals surface area contributed by atoms with Gasteiger partial charge in [0.15, 0.2) is 5.78 Å². The first-order valence-electron chi connectivity index (χ1n) is 12.1. The minimum Gasteiger partial charge on any atom is -1.00 e. The topological polar surface area (TPSA) is 46.2 Å². The molecule has 6 rings (SSSR count). The molecule has 3 saturated heterocycles. The first-order chi connectivity index (χ1) is 16.9. The number of quaternary nitrogens is 1. The van der Waals surface area contributed by atoms with Crippen LogP contribution >= 0.6 is 11.3 Å². The molecule has 2 aromatic carbocycles. The molecule has 2 atom stereocenters. The molecule has 4 nitrogen and oxygen atoms in total. The van der Waals surface area contributed by atoms with E-state index in [1.54, 1.807) is 24.3 Å². The Balaban J connectivity index is 0.00000304. The van der Waals surface area contributed by atoms with E-state index in [0.29, 0.717) is 30.1 Å². The first kappa shape index (κ1) is 26.5. The summed E-state index contributed by atoms with van der Waals surface area (Å²) < 4.78 is 28.6. The molecule has 0 radical (unpaired) electrons. The summed E-state index contributed by atoms with van der Waals surface area (Å²) in [6.07, 6.45) is 2.37. The number of ketones is 2. The number of benzene rings is 2. The minimum absolute atomic E-state index is 0. The van der Waals surface area contributed by atoms with Gasteiger partial charge in [-0.2, -0.15) is 0 Å². The highest BCUT2D eigenvalue weighted by molar-refractivity contribution is 7.12. The molecule has 3 aliphatic heterocycles. The molecule has 0 spiro atoms. The second kappa shape index (κ2) is 11.2. The van der Waals surface area contributed by atoms with E-state index in [0.717, 1.165) is 41.8 Å². The van der Waals surface area contributed by atoms with Crippen LogP contribution in [0.2, 0.25) is 0 Å². The summed E-state index contributed by atoms with van der Waals surface area (Å²) in [7, 11) is 0. The predicted molar refractivity (Wildman–Crippen MR) is 133 cm³/mol. The normalized spacial score (nSPS) is 23.5. The van der Waals surface area contributed by atoms with Crippen molar-refractivity contribution < 1.29 is 35.3 Å². The lowest BCUT2D eigenvalue weighted by Crippen LogP contribution is -3.00. The fourth-order valence-corrected chi connectivity index (χ4v) is 6.52. The molecule has 2 unspecified atom stereocenters. The van der Waals surface area contributed by atoms with E-state index >= 15 is 0 Å². The molecule has 3 aliphatic rings. The van der Waals surface area contributed by atoms with E-state index in [4.69, 9.17) is 0 Å². The van der Waals surface area contributed by atoms with Gasteiger partial charge in [-0.05, 0) is 53.3 Å². The van der Waals surface area contributed by atoms with Crippen molar-refractivity contribution in [3.8, 4) is 0 Å². The van der Waals surface area contributed by atoms with Crippen LogP contribution in [-0.4, -0.2) is 42.2 Å². The molecule has 4 heterocycles. The van der Waals surface area contributed by atoms with Crippen LogP contribution in [-0.2, 0) is 4.79 Å². The second-order valence-electron chi connectivity index (χ2n) is 9.94. The highest BCUT2D eigenvalue weighted by Crippen LogP contribution is 2.40. The van der Waals surface area contributed by atoms with Crippen LogP contribution < -0.4 is 17.7 Å². The number of rotatable bonds is 9. The van der Waals surface area contributed by atoms with Crippen LogP contribution in [0.15, 0.2) is 66.0 Å². The summed E-state index contributed by atoms with van der Waals surface area (Å²) in [4.78, 5) is 27.3. The molecule has 2 bridgehead atoms. The largest absolute Gasteiger partial charge is 1.00 e. The molecule has 0 aliphatic carbocycles. The fraction of sp³-hybridized carbons (Fsp3) is 0.357. The number of fused-ring (bicyclic) bond motifs is 3. The highest BCUT2D eigenvalue weighted by atomic mass is 35.5. The van der Waals surface area contributed by atoms with Crippen LogP contribution in [0.3, 0.4) is 0 Å². The molecule has 36 heavy (non-hydrogen) atoms. The second-order valence-corrected chi connectivity index (χ2v) is 10.9. The van der Waals surface area contributed by atoms with Gasteiger partial charge in [-0.15, -0.1) is 11.3 Å². The van der Waals surface area contributed by atoms with Gasteiger partial charge in [0.05, 0.1) is 24.5 Å². The zero-order chi connectivity index (χ0) is 24.4. The van der Waals surface area contributed by atoms with Gasteiger partial charge in [-0.1, -0.05) is 24.3 Å². The number of carbonyl (C=O) groups is 2. The number of nitrogens with one attached hydrogen (secondary N) is 1. The van der Waals surface area contributed by atoms with Crippen molar-refractivity contribution in [2.75, 3.05) is 31.5 Å². The Morgan fingerprint density at radius 3 is 2.39 bits per heavy atom. The van der Waals surface area contributed by atoms with E-state index in [9.17, 15) is 18.4 Å². The van der Waals surface area contributed by atoms with Crippen molar-refractivity contribution in [2.24, 2.45) is 11.8 Å². The van der Waals surface area contributed by atoms with E-state index in [-0.39, 0.29) is 29.9 Å². The minimum atomic E-state index is -0.774. The molecule has 190 valence electrons. The zero-order valence-corrected chi connectivity index (χ0v) is 21.4. The summed E-state index contributed by atoms with van der Waals surface area (Å²) in [5.74, 6) is -0.0535. The number of nitrogens with zero attached hydrogens (tertiary/aromatic N) is 1. The average Bonchev–Trinajstić information content (AvgIpc) is 3.38. The number of piperidine rings is 3. The van der Waals surface area contributed by atoms with E-state index in [1.807, 2.05) is 17.5 Å². The summed E-state index contributed by atoms with van der Waals surface area (Å²) in [6.45, 7) is 3.23. The number of carbonyl (C=O) groups excluding carboxylic acids is 2. The van der Waals surface area contributed by atoms with Crippen molar-refractivity contribution >= 4 is 28.6 Å². The Kier molecular flexibility index (Phi) is 8.23. The summed E-state index contributed by atoms with van der Waals surface area (Å²) in [5.41, 5.74) is 1.00. The number of anilines is 1. The Morgan fingerprint density at radius 2 is 1.72 bits per heavy atom. The van der Waals surface area contributed by atoms with Crippen molar-refractivity contribution in [3.63, 3.8) is 0 Å². The summed E-state index contributed by atoms with van der Waals surface area (Å²) in [6, 6.07) is 15.0. The molecule has 1 aromatic heterocycles. The van der Waals surface area contributed by atoms with Gasteiger partial charge in [0.25, 0.3) is 0 Å². The Hall–Kier alpha value is -2.61. The quantitative estimate of drug-likeness (QED) is 0.342. The fourth-order valence-electron chi connectivity index (χ4n) is 5.87. The monoisotopic (exact) mass is 530 g/mol. The van der Waals surface area contributed by atoms with Crippen molar-refractivity contribution in [1.82, 2.24) is 0 Å².